The number of halogens is 1. The minimum absolute atomic E-state index is 0.282. The predicted octanol–water partition coefficient (Wildman–Crippen LogP) is 2.11. The Hall–Kier alpha value is -2.21. The Morgan fingerprint density at radius 1 is 1.14 bits per heavy atom. The van der Waals surface area contributed by atoms with Gasteiger partial charge in [0.1, 0.15) is 11.6 Å². The SMILES string of the molecule is CN1CCN(c2ccnc(Nc3cccc(F)c3)n2)CC1. The zero-order chi connectivity index (χ0) is 14.7. The number of benzene rings is 1. The summed E-state index contributed by atoms with van der Waals surface area (Å²) in [6.07, 6.45) is 1.72. The van der Waals surface area contributed by atoms with Crippen LogP contribution >= 0.6 is 0 Å². The van der Waals surface area contributed by atoms with Crippen LogP contribution in [0.2, 0.25) is 0 Å². The molecule has 1 saturated heterocycles. The molecule has 0 spiro atoms. The van der Waals surface area contributed by atoms with E-state index in [1.807, 2.05) is 6.07 Å². The number of rotatable bonds is 3. The van der Waals surface area contributed by atoms with Crippen LogP contribution < -0.4 is 10.2 Å². The van der Waals surface area contributed by atoms with E-state index in [1.165, 1.54) is 12.1 Å². The average molecular weight is 287 g/mol. The molecule has 2 aromatic rings. The van der Waals surface area contributed by atoms with E-state index >= 15 is 0 Å². The summed E-state index contributed by atoms with van der Waals surface area (Å²) in [6.45, 7) is 3.95. The van der Waals surface area contributed by atoms with E-state index in [2.05, 4.69) is 32.1 Å². The van der Waals surface area contributed by atoms with Crippen molar-refractivity contribution >= 4 is 17.5 Å². The highest BCUT2D eigenvalue weighted by Crippen LogP contribution is 2.18. The standard InChI is InChI=1S/C15H18FN5/c1-20-7-9-21(10-8-20)14-5-6-17-15(19-14)18-13-4-2-3-12(16)11-13/h2-6,11H,7-10H2,1H3,(H,17,18,19). The third-order valence-corrected chi connectivity index (χ3v) is 3.55. The van der Waals surface area contributed by atoms with Crippen LogP contribution in [0, 0.1) is 5.82 Å². The van der Waals surface area contributed by atoms with E-state index in [4.69, 9.17) is 0 Å². The minimum Gasteiger partial charge on any atom is -0.354 e. The van der Waals surface area contributed by atoms with Crippen molar-refractivity contribution < 1.29 is 4.39 Å². The van der Waals surface area contributed by atoms with E-state index in [0.717, 1.165) is 32.0 Å². The van der Waals surface area contributed by atoms with Gasteiger partial charge in [-0.25, -0.2) is 9.37 Å². The number of hydrogen-bond acceptors (Lipinski definition) is 5. The Balaban J connectivity index is 1.74. The Kier molecular flexibility index (Phi) is 3.96. The molecule has 1 N–H and O–H groups in total. The summed E-state index contributed by atoms with van der Waals surface area (Å²) >= 11 is 0. The third-order valence-electron chi connectivity index (χ3n) is 3.55. The molecule has 0 saturated carbocycles. The first-order valence-electron chi connectivity index (χ1n) is 7.00. The average Bonchev–Trinajstić information content (AvgIpc) is 2.48. The fraction of sp³-hybridized carbons (Fsp3) is 0.333. The van der Waals surface area contributed by atoms with Crippen LogP contribution in [0.1, 0.15) is 0 Å². The summed E-state index contributed by atoms with van der Waals surface area (Å²) in [5.74, 6) is 1.10. The van der Waals surface area contributed by atoms with Gasteiger partial charge in [0.2, 0.25) is 5.95 Å². The Morgan fingerprint density at radius 3 is 2.71 bits per heavy atom. The maximum Gasteiger partial charge on any atom is 0.229 e. The Labute approximate surface area is 123 Å². The van der Waals surface area contributed by atoms with Crippen LogP contribution in [0.15, 0.2) is 36.5 Å². The summed E-state index contributed by atoms with van der Waals surface area (Å²) < 4.78 is 13.2. The van der Waals surface area contributed by atoms with Crippen LogP contribution in [0.25, 0.3) is 0 Å². The van der Waals surface area contributed by atoms with Gasteiger partial charge in [-0.3, -0.25) is 0 Å². The van der Waals surface area contributed by atoms with E-state index < -0.39 is 0 Å². The molecule has 0 radical (unpaired) electrons. The van der Waals surface area contributed by atoms with Crippen LogP contribution in [-0.2, 0) is 0 Å². The van der Waals surface area contributed by atoms with E-state index in [9.17, 15) is 4.39 Å². The first-order valence-corrected chi connectivity index (χ1v) is 7.00. The molecule has 0 atom stereocenters. The molecule has 1 aromatic carbocycles. The third kappa shape index (κ3) is 3.46. The van der Waals surface area contributed by atoms with Gasteiger partial charge in [0.25, 0.3) is 0 Å². The van der Waals surface area contributed by atoms with E-state index in [1.54, 1.807) is 18.3 Å². The maximum absolute atomic E-state index is 13.2. The maximum atomic E-state index is 13.2. The van der Waals surface area contributed by atoms with Gasteiger partial charge >= 0.3 is 0 Å². The van der Waals surface area contributed by atoms with Gasteiger partial charge in [-0.15, -0.1) is 0 Å². The second-order valence-electron chi connectivity index (χ2n) is 5.16. The Morgan fingerprint density at radius 2 is 1.95 bits per heavy atom. The summed E-state index contributed by atoms with van der Waals surface area (Å²) in [7, 11) is 2.12. The first-order chi connectivity index (χ1) is 10.2. The molecular weight excluding hydrogens is 269 g/mol. The topological polar surface area (TPSA) is 44.3 Å². The monoisotopic (exact) mass is 287 g/mol. The van der Waals surface area contributed by atoms with Crippen molar-refractivity contribution in [2.24, 2.45) is 0 Å². The molecule has 2 heterocycles. The van der Waals surface area contributed by atoms with Crippen molar-refractivity contribution in [1.82, 2.24) is 14.9 Å². The summed E-state index contributed by atoms with van der Waals surface area (Å²) in [6, 6.07) is 8.18. The lowest BCUT2D eigenvalue weighted by Crippen LogP contribution is -2.44. The lowest BCUT2D eigenvalue weighted by Gasteiger charge is -2.33. The van der Waals surface area contributed by atoms with Crippen molar-refractivity contribution in [3.05, 3.63) is 42.3 Å². The van der Waals surface area contributed by atoms with Crippen molar-refractivity contribution in [1.29, 1.82) is 0 Å². The van der Waals surface area contributed by atoms with Gasteiger partial charge in [0.05, 0.1) is 0 Å². The van der Waals surface area contributed by atoms with Crippen LogP contribution in [0.3, 0.4) is 0 Å². The molecule has 0 unspecified atom stereocenters. The Bertz CT molecular complexity index is 611. The number of hydrogen-bond donors (Lipinski definition) is 1. The van der Waals surface area contributed by atoms with Crippen molar-refractivity contribution in [2.45, 2.75) is 0 Å². The molecule has 0 amide bonds. The fourth-order valence-corrected chi connectivity index (χ4v) is 2.32. The molecule has 0 aliphatic carbocycles. The van der Waals surface area contributed by atoms with Crippen LogP contribution in [-0.4, -0.2) is 48.1 Å². The quantitative estimate of drug-likeness (QED) is 0.936. The second kappa shape index (κ2) is 6.05. The summed E-state index contributed by atoms with van der Waals surface area (Å²) in [5.41, 5.74) is 0.644. The molecule has 21 heavy (non-hydrogen) atoms. The molecule has 1 aliphatic heterocycles. The van der Waals surface area contributed by atoms with Crippen LogP contribution in [0.5, 0.6) is 0 Å². The summed E-state index contributed by atoms with van der Waals surface area (Å²) in [4.78, 5) is 13.2. The van der Waals surface area contributed by atoms with Gasteiger partial charge in [0, 0.05) is 38.1 Å². The van der Waals surface area contributed by atoms with E-state index in [0.29, 0.717) is 11.6 Å². The predicted molar refractivity (Wildman–Crippen MR) is 81.4 cm³/mol. The molecule has 5 nitrogen and oxygen atoms in total. The number of nitrogens with zero attached hydrogens (tertiary/aromatic N) is 4. The summed E-state index contributed by atoms with van der Waals surface area (Å²) in [5, 5.41) is 3.03. The second-order valence-corrected chi connectivity index (χ2v) is 5.16. The highest BCUT2D eigenvalue weighted by atomic mass is 19.1. The van der Waals surface area contributed by atoms with Gasteiger partial charge < -0.3 is 15.1 Å². The molecule has 3 rings (SSSR count). The van der Waals surface area contributed by atoms with Gasteiger partial charge in [-0.05, 0) is 31.3 Å². The number of nitrogens with one attached hydrogen (secondary N) is 1. The smallest absolute Gasteiger partial charge is 0.229 e. The number of piperazine rings is 1. The number of anilines is 3. The van der Waals surface area contributed by atoms with Crippen molar-refractivity contribution in [2.75, 3.05) is 43.4 Å². The molecular formula is C15H18FN5. The van der Waals surface area contributed by atoms with Crippen molar-refractivity contribution in [3.8, 4) is 0 Å². The van der Waals surface area contributed by atoms with Gasteiger partial charge in [-0.1, -0.05) is 6.07 Å². The van der Waals surface area contributed by atoms with Gasteiger partial charge in [-0.2, -0.15) is 4.98 Å². The lowest BCUT2D eigenvalue weighted by molar-refractivity contribution is 0.312. The molecule has 1 aliphatic rings. The fourth-order valence-electron chi connectivity index (χ4n) is 2.32. The van der Waals surface area contributed by atoms with E-state index in [-0.39, 0.29) is 5.82 Å². The first kappa shape index (κ1) is 13.8. The molecule has 6 heteroatoms. The highest BCUT2D eigenvalue weighted by molar-refractivity contribution is 5.55. The highest BCUT2D eigenvalue weighted by Gasteiger charge is 2.15. The molecule has 1 aromatic heterocycles. The van der Waals surface area contributed by atoms with Crippen molar-refractivity contribution in [3.63, 3.8) is 0 Å². The largest absolute Gasteiger partial charge is 0.354 e. The lowest BCUT2D eigenvalue weighted by atomic mass is 10.3. The molecule has 0 bridgehead atoms. The van der Waals surface area contributed by atoms with Gasteiger partial charge in [0.15, 0.2) is 0 Å². The zero-order valence-electron chi connectivity index (χ0n) is 12.0. The van der Waals surface area contributed by atoms with Crippen LogP contribution in [0.4, 0.5) is 21.8 Å². The zero-order valence-corrected chi connectivity index (χ0v) is 12.0. The molecule has 1 fully saturated rings. The molecule has 110 valence electrons. The number of likely N-dealkylation sites (N-methyl/N-ethyl adjacent to an activating group) is 1. The number of aromatic nitrogens is 2. The minimum atomic E-state index is -0.282. The normalized spacial score (nSPS) is 16.0.